The van der Waals surface area contributed by atoms with E-state index in [0.717, 1.165) is 18.6 Å². The van der Waals surface area contributed by atoms with E-state index in [4.69, 9.17) is 9.84 Å². The molecule has 0 aromatic heterocycles. The molecule has 104 valence electrons. The van der Waals surface area contributed by atoms with E-state index in [-0.39, 0.29) is 6.61 Å². The van der Waals surface area contributed by atoms with Gasteiger partial charge in [-0.25, -0.2) is 0 Å². The van der Waals surface area contributed by atoms with Crippen molar-refractivity contribution in [3.05, 3.63) is 29.8 Å². The van der Waals surface area contributed by atoms with Gasteiger partial charge in [0, 0.05) is 6.61 Å². The van der Waals surface area contributed by atoms with Crippen LogP contribution in [0.2, 0.25) is 0 Å². The van der Waals surface area contributed by atoms with E-state index in [9.17, 15) is 5.26 Å². The number of ether oxygens (including phenoxy) is 1. The Morgan fingerprint density at radius 1 is 1.37 bits per heavy atom. The van der Waals surface area contributed by atoms with Crippen molar-refractivity contribution < 1.29 is 9.84 Å². The lowest BCUT2D eigenvalue weighted by atomic mass is 9.94. The Hall–Kier alpha value is -1.57. The third-order valence-corrected chi connectivity index (χ3v) is 3.17. The molecule has 0 fully saturated rings. The molecule has 1 aromatic rings. The zero-order chi connectivity index (χ0) is 14.1. The van der Waals surface area contributed by atoms with E-state index in [1.807, 2.05) is 31.2 Å². The molecule has 0 heterocycles. The number of aliphatic hydroxyl groups excluding tert-OH is 1. The molecule has 0 aliphatic rings. The highest BCUT2D eigenvalue weighted by Gasteiger charge is 2.22. The molecule has 2 N–H and O–H groups in total. The van der Waals surface area contributed by atoms with Crippen LogP contribution in [-0.4, -0.2) is 30.9 Å². The fourth-order valence-electron chi connectivity index (χ4n) is 1.81. The van der Waals surface area contributed by atoms with Crippen LogP contribution < -0.4 is 10.1 Å². The van der Waals surface area contributed by atoms with Gasteiger partial charge in [0.05, 0.1) is 13.2 Å². The monoisotopic (exact) mass is 262 g/mol. The molecule has 0 saturated carbocycles. The predicted molar refractivity (Wildman–Crippen MR) is 75.0 cm³/mol. The summed E-state index contributed by atoms with van der Waals surface area (Å²) < 4.78 is 5.11. The molecule has 4 nitrogen and oxygen atoms in total. The Balaban J connectivity index is 2.49. The highest BCUT2D eigenvalue weighted by atomic mass is 16.5. The predicted octanol–water partition coefficient (Wildman–Crippen LogP) is 1.88. The number of benzene rings is 1. The van der Waals surface area contributed by atoms with Gasteiger partial charge in [0.2, 0.25) is 0 Å². The van der Waals surface area contributed by atoms with Gasteiger partial charge in [-0.2, -0.15) is 5.26 Å². The quantitative estimate of drug-likeness (QED) is 0.702. The minimum absolute atomic E-state index is 0.146. The van der Waals surface area contributed by atoms with Crippen LogP contribution in [0.15, 0.2) is 24.3 Å². The average Bonchev–Trinajstić information content (AvgIpc) is 2.46. The SMILES string of the molecule is COc1ccc(CCC(C)(C#N)NCCCO)cc1. The molecule has 0 amide bonds. The number of nitrogens with one attached hydrogen (secondary N) is 1. The first kappa shape index (κ1) is 15.5. The van der Waals surface area contributed by atoms with Gasteiger partial charge in [-0.05, 0) is 50.4 Å². The summed E-state index contributed by atoms with van der Waals surface area (Å²) in [6.45, 7) is 2.70. The molecule has 0 radical (unpaired) electrons. The molecule has 19 heavy (non-hydrogen) atoms. The summed E-state index contributed by atoms with van der Waals surface area (Å²) in [6, 6.07) is 10.2. The summed E-state index contributed by atoms with van der Waals surface area (Å²) in [5, 5.41) is 21.2. The van der Waals surface area contributed by atoms with Crippen LogP contribution in [-0.2, 0) is 6.42 Å². The van der Waals surface area contributed by atoms with Crippen molar-refractivity contribution in [2.75, 3.05) is 20.3 Å². The lowest BCUT2D eigenvalue weighted by Gasteiger charge is -2.23. The Kier molecular flexibility index (Phi) is 6.34. The second kappa shape index (κ2) is 7.78. The Bertz CT molecular complexity index is 411. The molecule has 0 spiro atoms. The van der Waals surface area contributed by atoms with Crippen molar-refractivity contribution in [3.8, 4) is 11.8 Å². The first-order chi connectivity index (χ1) is 9.13. The number of nitrogens with zero attached hydrogens (tertiary/aromatic N) is 1. The Morgan fingerprint density at radius 2 is 2.05 bits per heavy atom. The van der Waals surface area contributed by atoms with Gasteiger partial charge in [-0.1, -0.05) is 12.1 Å². The largest absolute Gasteiger partial charge is 0.497 e. The summed E-state index contributed by atoms with van der Waals surface area (Å²) in [5.41, 5.74) is 0.640. The van der Waals surface area contributed by atoms with E-state index >= 15 is 0 Å². The van der Waals surface area contributed by atoms with Crippen LogP contribution in [0.4, 0.5) is 0 Å². The summed E-state index contributed by atoms with van der Waals surface area (Å²) in [7, 11) is 1.65. The van der Waals surface area contributed by atoms with Gasteiger partial charge in [-0.3, -0.25) is 5.32 Å². The topological polar surface area (TPSA) is 65.3 Å². The molecule has 1 aromatic carbocycles. The number of methoxy groups -OCH3 is 1. The van der Waals surface area contributed by atoms with E-state index in [2.05, 4.69) is 11.4 Å². The van der Waals surface area contributed by atoms with Crippen molar-refractivity contribution in [2.45, 2.75) is 31.7 Å². The number of aliphatic hydroxyl groups is 1. The molecule has 0 aliphatic heterocycles. The molecule has 1 unspecified atom stereocenters. The maximum atomic E-state index is 9.25. The van der Waals surface area contributed by atoms with Crippen molar-refractivity contribution in [3.63, 3.8) is 0 Å². The first-order valence-electron chi connectivity index (χ1n) is 6.53. The Labute approximate surface area is 115 Å². The van der Waals surface area contributed by atoms with Gasteiger partial charge in [0.1, 0.15) is 11.3 Å². The lowest BCUT2D eigenvalue weighted by molar-refractivity contribution is 0.278. The molecular weight excluding hydrogens is 240 g/mol. The van der Waals surface area contributed by atoms with Crippen LogP contribution in [0.25, 0.3) is 0 Å². The minimum Gasteiger partial charge on any atom is -0.497 e. The number of aryl methyl sites for hydroxylation is 1. The van der Waals surface area contributed by atoms with Crippen molar-refractivity contribution in [2.24, 2.45) is 0 Å². The van der Waals surface area contributed by atoms with Crippen molar-refractivity contribution >= 4 is 0 Å². The van der Waals surface area contributed by atoms with Crippen LogP contribution in [0, 0.1) is 11.3 Å². The van der Waals surface area contributed by atoms with Crippen molar-refractivity contribution in [1.29, 1.82) is 5.26 Å². The smallest absolute Gasteiger partial charge is 0.118 e. The standard InChI is InChI=1S/C15H22N2O2/c1-15(12-16,17-10-3-11-18)9-8-13-4-6-14(19-2)7-5-13/h4-7,17-18H,3,8-11H2,1-2H3. The van der Waals surface area contributed by atoms with Gasteiger partial charge < -0.3 is 9.84 Å². The first-order valence-corrected chi connectivity index (χ1v) is 6.53. The molecule has 1 rings (SSSR count). The molecule has 0 aliphatic carbocycles. The second-order valence-electron chi connectivity index (χ2n) is 4.80. The Morgan fingerprint density at radius 3 is 2.58 bits per heavy atom. The second-order valence-corrected chi connectivity index (χ2v) is 4.80. The highest BCUT2D eigenvalue weighted by Crippen LogP contribution is 2.16. The van der Waals surface area contributed by atoms with Gasteiger partial charge in [0.15, 0.2) is 0 Å². The maximum Gasteiger partial charge on any atom is 0.118 e. The van der Waals surface area contributed by atoms with Crippen molar-refractivity contribution in [1.82, 2.24) is 5.32 Å². The van der Waals surface area contributed by atoms with Gasteiger partial charge in [-0.15, -0.1) is 0 Å². The highest BCUT2D eigenvalue weighted by molar-refractivity contribution is 5.27. The summed E-state index contributed by atoms with van der Waals surface area (Å²) in [4.78, 5) is 0. The van der Waals surface area contributed by atoms with Crippen LogP contribution >= 0.6 is 0 Å². The van der Waals surface area contributed by atoms with E-state index in [1.165, 1.54) is 5.56 Å². The molecule has 4 heteroatoms. The zero-order valence-corrected chi connectivity index (χ0v) is 11.6. The average molecular weight is 262 g/mol. The van der Waals surface area contributed by atoms with Gasteiger partial charge in [0.25, 0.3) is 0 Å². The molecule has 1 atom stereocenters. The number of hydrogen-bond donors (Lipinski definition) is 2. The molecule has 0 bridgehead atoms. The zero-order valence-electron chi connectivity index (χ0n) is 11.6. The summed E-state index contributed by atoms with van der Waals surface area (Å²) in [6.07, 6.45) is 2.24. The van der Waals surface area contributed by atoms with E-state index in [1.54, 1.807) is 7.11 Å². The van der Waals surface area contributed by atoms with Crippen LogP contribution in [0.1, 0.15) is 25.3 Å². The number of hydrogen-bond acceptors (Lipinski definition) is 4. The van der Waals surface area contributed by atoms with E-state index < -0.39 is 5.54 Å². The minimum atomic E-state index is -0.547. The fraction of sp³-hybridized carbons (Fsp3) is 0.533. The number of nitriles is 1. The summed E-state index contributed by atoms with van der Waals surface area (Å²) >= 11 is 0. The van der Waals surface area contributed by atoms with E-state index in [0.29, 0.717) is 13.0 Å². The van der Waals surface area contributed by atoms with Crippen LogP contribution in [0.3, 0.4) is 0 Å². The lowest BCUT2D eigenvalue weighted by Crippen LogP contribution is -2.42. The molecular formula is C15H22N2O2. The number of rotatable bonds is 8. The normalized spacial score (nSPS) is 13.6. The third kappa shape index (κ3) is 5.29. The maximum absolute atomic E-state index is 9.25. The fourth-order valence-corrected chi connectivity index (χ4v) is 1.81. The van der Waals surface area contributed by atoms with Gasteiger partial charge >= 0.3 is 0 Å². The van der Waals surface area contributed by atoms with Crippen LogP contribution in [0.5, 0.6) is 5.75 Å². The third-order valence-electron chi connectivity index (χ3n) is 3.17. The summed E-state index contributed by atoms with van der Waals surface area (Å²) in [5.74, 6) is 0.841. The molecule has 0 saturated heterocycles.